The zero-order valence-corrected chi connectivity index (χ0v) is 26.8. The van der Waals surface area contributed by atoms with Gasteiger partial charge in [-0.2, -0.15) is 4.39 Å². The number of rotatable bonds is 18. The molecule has 3 aromatic rings. The Bertz CT molecular complexity index is 1270. The predicted octanol–water partition coefficient (Wildman–Crippen LogP) is 12.4. The van der Waals surface area contributed by atoms with E-state index in [-0.39, 0.29) is 23.2 Å². The van der Waals surface area contributed by atoms with Crippen molar-refractivity contribution in [3.05, 3.63) is 77.6 Å². The number of hydrogen-bond acceptors (Lipinski definition) is 2. The zero-order chi connectivity index (χ0) is 31.1. The fourth-order valence-electron chi connectivity index (χ4n) is 6.23. The largest absolute Gasteiger partial charge is 0.490 e. The highest BCUT2D eigenvalue weighted by Gasteiger charge is 2.25. The maximum Gasteiger partial charge on any atom is 0.201 e. The van der Waals surface area contributed by atoms with Crippen LogP contribution in [0.15, 0.2) is 54.6 Å². The van der Waals surface area contributed by atoms with Crippen molar-refractivity contribution in [3.8, 4) is 28.0 Å². The lowest BCUT2D eigenvalue weighted by atomic mass is 9.90. The molecule has 0 N–H and O–H groups in total. The van der Waals surface area contributed by atoms with Crippen LogP contribution in [0.4, 0.5) is 13.2 Å². The number of hydrogen-bond donors (Lipinski definition) is 0. The molecule has 0 radical (unpaired) electrons. The van der Waals surface area contributed by atoms with Crippen molar-refractivity contribution in [1.82, 2.24) is 0 Å². The van der Waals surface area contributed by atoms with E-state index in [9.17, 15) is 4.39 Å². The van der Waals surface area contributed by atoms with Crippen LogP contribution in [0.25, 0.3) is 22.3 Å². The summed E-state index contributed by atoms with van der Waals surface area (Å²) in [4.78, 5) is 0. The van der Waals surface area contributed by atoms with Crippen molar-refractivity contribution in [2.24, 2.45) is 5.92 Å². The van der Waals surface area contributed by atoms with Crippen molar-refractivity contribution in [2.75, 3.05) is 13.2 Å². The fraction of sp³-hybridized carbons (Fsp3) is 0.538. The van der Waals surface area contributed by atoms with Gasteiger partial charge in [-0.05, 0) is 66.5 Å². The summed E-state index contributed by atoms with van der Waals surface area (Å²) in [6.07, 6.45) is 17.3. The molecule has 0 aliphatic carbocycles. The lowest BCUT2D eigenvalue weighted by Crippen LogP contribution is -2.21. The van der Waals surface area contributed by atoms with E-state index in [1.54, 1.807) is 24.3 Å². The standard InChI is InChI=1S/C39H51F3O2/c1-3-5-7-9-10-12-14-26-43-37-25-23-33(38(41)39(37)42)31-19-17-30(18-20-31)32-21-22-34(35(40)27-32)36-24-16-29(28-44-36)15-13-11-8-6-4-2/h17-23,25,27,29,36H,3-16,24,26,28H2,1-2H3. The van der Waals surface area contributed by atoms with Gasteiger partial charge in [0.05, 0.1) is 19.3 Å². The average Bonchev–Trinajstić information content (AvgIpc) is 3.04. The Hall–Kier alpha value is -2.79. The Balaban J connectivity index is 1.29. The second-order valence-corrected chi connectivity index (χ2v) is 12.5. The summed E-state index contributed by atoms with van der Waals surface area (Å²) in [7, 11) is 0. The van der Waals surface area contributed by atoms with E-state index in [1.807, 2.05) is 24.3 Å². The van der Waals surface area contributed by atoms with Gasteiger partial charge in [0.1, 0.15) is 5.82 Å². The van der Waals surface area contributed by atoms with Gasteiger partial charge in [0.15, 0.2) is 11.6 Å². The SMILES string of the molecule is CCCCCCCCCOc1ccc(-c2ccc(-c3ccc(C4CCC(CCCCCCC)CO4)c(F)c3)cc2)c(F)c1F. The third-order valence-corrected chi connectivity index (χ3v) is 9.02. The topological polar surface area (TPSA) is 18.5 Å². The third-order valence-electron chi connectivity index (χ3n) is 9.02. The molecule has 0 spiro atoms. The number of unbranched alkanes of at least 4 members (excludes halogenated alkanes) is 10. The average molecular weight is 609 g/mol. The van der Waals surface area contributed by atoms with Gasteiger partial charge in [0, 0.05) is 11.1 Å². The second kappa shape index (κ2) is 18.2. The van der Waals surface area contributed by atoms with Crippen molar-refractivity contribution in [1.29, 1.82) is 0 Å². The van der Waals surface area contributed by atoms with Gasteiger partial charge in [-0.3, -0.25) is 0 Å². The molecule has 3 aromatic carbocycles. The summed E-state index contributed by atoms with van der Waals surface area (Å²) in [5, 5.41) is 0. The molecule has 1 aliphatic rings. The quantitative estimate of drug-likeness (QED) is 0.134. The third kappa shape index (κ3) is 9.86. The maximum absolute atomic E-state index is 15.2. The van der Waals surface area contributed by atoms with Crippen LogP contribution in [0.1, 0.15) is 122 Å². The minimum absolute atomic E-state index is 0.0516. The van der Waals surface area contributed by atoms with Crippen molar-refractivity contribution in [3.63, 3.8) is 0 Å². The molecule has 4 rings (SSSR count). The molecule has 44 heavy (non-hydrogen) atoms. The Kier molecular flexibility index (Phi) is 14.1. The monoisotopic (exact) mass is 608 g/mol. The summed E-state index contributed by atoms with van der Waals surface area (Å²) >= 11 is 0. The van der Waals surface area contributed by atoms with E-state index in [4.69, 9.17) is 9.47 Å². The van der Waals surface area contributed by atoms with E-state index in [2.05, 4.69) is 13.8 Å². The van der Waals surface area contributed by atoms with Crippen LogP contribution in [0.2, 0.25) is 0 Å². The molecular weight excluding hydrogens is 557 g/mol. The van der Waals surface area contributed by atoms with Crippen LogP contribution in [-0.4, -0.2) is 13.2 Å². The fourth-order valence-corrected chi connectivity index (χ4v) is 6.23. The number of benzene rings is 3. The lowest BCUT2D eigenvalue weighted by molar-refractivity contribution is -0.0215. The van der Waals surface area contributed by atoms with E-state index >= 15 is 8.78 Å². The van der Waals surface area contributed by atoms with Gasteiger partial charge in [-0.15, -0.1) is 0 Å². The normalized spacial score (nSPS) is 16.8. The van der Waals surface area contributed by atoms with Crippen LogP contribution in [0, 0.1) is 23.4 Å². The van der Waals surface area contributed by atoms with Crippen LogP contribution in [0.5, 0.6) is 5.75 Å². The first-order chi connectivity index (χ1) is 21.5. The first-order valence-electron chi connectivity index (χ1n) is 17.1. The molecule has 2 unspecified atom stereocenters. The van der Waals surface area contributed by atoms with Crippen molar-refractivity contribution in [2.45, 2.75) is 116 Å². The summed E-state index contributed by atoms with van der Waals surface area (Å²) < 4.78 is 56.7. The molecule has 1 heterocycles. The Labute approximate surface area is 263 Å². The van der Waals surface area contributed by atoms with E-state index in [1.165, 1.54) is 70.3 Å². The van der Waals surface area contributed by atoms with Gasteiger partial charge < -0.3 is 9.47 Å². The molecule has 1 saturated heterocycles. The highest BCUT2D eigenvalue weighted by molar-refractivity contribution is 5.71. The minimum atomic E-state index is -0.963. The zero-order valence-electron chi connectivity index (χ0n) is 26.8. The van der Waals surface area contributed by atoms with Crippen LogP contribution < -0.4 is 4.74 Å². The molecule has 1 fully saturated rings. The van der Waals surface area contributed by atoms with E-state index in [0.717, 1.165) is 43.2 Å². The Morgan fingerprint density at radius 2 is 1.30 bits per heavy atom. The Morgan fingerprint density at radius 3 is 1.95 bits per heavy atom. The predicted molar refractivity (Wildman–Crippen MR) is 175 cm³/mol. The van der Waals surface area contributed by atoms with E-state index < -0.39 is 11.6 Å². The molecule has 240 valence electrons. The summed E-state index contributed by atoms with van der Waals surface area (Å²) in [6, 6.07) is 15.5. The van der Waals surface area contributed by atoms with Gasteiger partial charge in [0.25, 0.3) is 0 Å². The molecular formula is C39H51F3O2. The summed E-state index contributed by atoms with van der Waals surface area (Å²) in [5.74, 6) is -1.63. The van der Waals surface area contributed by atoms with Gasteiger partial charge >= 0.3 is 0 Å². The molecule has 2 nitrogen and oxygen atoms in total. The lowest BCUT2D eigenvalue weighted by Gasteiger charge is -2.29. The molecule has 0 bridgehead atoms. The van der Waals surface area contributed by atoms with Crippen molar-refractivity contribution >= 4 is 0 Å². The van der Waals surface area contributed by atoms with E-state index in [0.29, 0.717) is 30.3 Å². The maximum atomic E-state index is 15.2. The van der Waals surface area contributed by atoms with Crippen LogP contribution >= 0.6 is 0 Å². The van der Waals surface area contributed by atoms with Gasteiger partial charge in [-0.25, -0.2) is 8.78 Å². The first kappa shape index (κ1) is 34.1. The second-order valence-electron chi connectivity index (χ2n) is 12.5. The van der Waals surface area contributed by atoms with Gasteiger partial charge in [-0.1, -0.05) is 121 Å². The summed E-state index contributed by atoms with van der Waals surface area (Å²) in [5.41, 5.74) is 2.88. The number of halogens is 3. The van der Waals surface area contributed by atoms with Gasteiger partial charge in [0.2, 0.25) is 5.82 Å². The van der Waals surface area contributed by atoms with Crippen molar-refractivity contribution < 1.29 is 22.6 Å². The molecule has 1 aliphatic heterocycles. The smallest absolute Gasteiger partial charge is 0.201 e. The Morgan fingerprint density at radius 1 is 0.659 bits per heavy atom. The highest BCUT2D eigenvalue weighted by Crippen LogP contribution is 2.36. The highest BCUT2D eigenvalue weighted by atomic mass is 19.2. The van der Waals surface area contributed by atoms with Crippen LogP contribution in [-0.2, 0) is 4.74 Å². The molecule has 5 heteroatoms. The molecule has 0 amide bonds. The molecule has 2 atom stereocenters. The minimum Gasteiger partial charge on any atom is -0.490 e. The molecule has 0 aromatic heterocycles. The van der Waals surface area contributed by atoms with Crippen LogP contribution in [0.3, 0.4) is 0 Å². The molecule has 0 saturated carbocycles. The first-order valence-corrected chi connectivity index (χ1v) is 17.1. The summed E-state index contributed by atoms with van der Waals surface area (Å²) in [6.45, 7) is 5.50. The number of ether oxygens (including phenoxy) is 2.